The van der Waals surface area contributed by atoms with E-state index >= 15 is 0 Å². The summed E-state index contributed by atoms with van der Waals surface area (Å²) in [7, 11) is 0. The first-order valence-corrected chi connectivity index (χ1v) is 5.58. The van der Waals surface area contributed by atoms with Gasteiger partial charge in [0, 0.05) is 11.4 Å². The summed E-state index contributed by atoms with van der Waals surface area (Å²) in [6, 6.07) is -0.197. The number of carbonyl (C=O) groups excluding carboxylic acids is 1. The molecule has 0 saturated heterocycles. The van der Waals surface area contributed by atoms with Crippen LogP contribution in [0.25, 0.3) is 0 Å². The van der Waals surface area contributed by atoms with E-state index in [1.54, 1.807) is 12.3 Å². The van der Waals surface area contributed by atoms with E-state index in [1.165, 1.54) is 11.3 Å². The molecule has 1 rings (SSSR count). The number of nitrogens with one attached hydrogen (secondary N) is 2. The number of hydrogen-bond donors (Lipinski definition) is 3. The van der Waals surface area contributed by atoms with Crippen LogP contribution in [0.5, 0.6) is 0 Å². The maximum atomic E-state index is 11.3. The molecule has 15 heavy (non-hydrogen) atoms. The first-order valence-electron chi connectivity index (χ1n) is 4.70. The molecular weight excluding hydrogens is 214 g/mol. The molecule has 0 aromatic carbocycles. The zero-order chi connectivity index (χ0) is 11.4. The molecule has 0 bridgehead atoms. The summed E-state index contributed by atoms with van der Waals surface area (Å²) in [4.78, 5) is 15.3. The Kier molecular flexibility index (Phi) is 4.05. The maximum absolute atomic E-state index is 11.3. The standard InChI is InChI=1S/C9H15N3O2S/c1-5(2)10-8(14)12-9-11-7(4-15-9)6(3)13/h4-6,13H,1-3H3,(H2,10,11,12,14). The summed E-state index contributed by atoms with van der Waals surface area (Å²) in [5, 5.41) is 16.7. The fraction of sp³-hybridized carbons (Fsp3) is 0.556. The van der Waals surface area contributed by atoms with Gasteiger partial charge in [-0.3, -0.25) is 5.32 Å². The second-order valence-electron chi connectivity index (χ2n) is 3.51. The van der Waals surface area contributed by atoms with Gasteiger partial charge in [-0.05, 0) is 20.8 Å². The van der Waals surface area contributed by atoms with Crippen LogP contribution in [0.1, 0.15) is 32.6 Å². The van der Waals surface area contributed by atoms with Gasteiger partial charge in [-0.25, -0.2) is 9.78 Å². The topological polar surface area (TPSA) is 74.2 Å². The molecule has 3 N–H and O–H groups in total. The molecule has 1 unspecified atom stereocenters. The molecule has 1 aromatic rings. The van der Waals surface area contributed by atoms with Crippen molar-refractivity contribution in [1.29, 1.82) is 0 Å². The van der Waals surface area contributed by atoms with E-state index in [2.05, 4.69) is 15.6 Å². The summed E-state index contributed by atoms with van der Waals surface area (Å²) in [6.45, 7) is 5.39. The lowest BCUT2D eigenvalue weighted by molar-refractivity contribution is 0.195. The predicted molar refractivity (Wildman–Crippen MR) is 60.0 cm³/mol. The van der Waals surface area contributed by atoms with Crippen molar-refractivity contribution in [3.05, 3.63) is 11.1 Å². The van der Waals surface area contributed by atoms with Crippen LogP contribution in [-0.2, 0) is 0 Å². The summed E-state index contributed by atoms with van der Waals surface area (Å²) >= 11 is 1.29. The third-order valence-electron chi connectivity index (χ3n) is 1.59. The number of carbonyl (C=O) groups is 1. The van der Waals surface area contributed by atoms with E-state index in [0.717, 1.165) is 0 Å². The number of rotatable bonds is 3. The van der Waals surface area contributed by atoms with Crippen LogP contribution in [0, 0.1) is 0 Å². The molecule has 0 aliphatic rings. The summed E-state index contributed by atoms with van der Waals surface area (Å²) < 4.78 is 0. The first kappa shape index (κ1) is 11.9. The number of aromatic nitrogens is 1. The van der Waals surface area contributed by atoms with Gasteiger partial charge in [0.05, 0.1) is 11.8 Å². The predicted octanol–water partition coefficient (Wildman–Crippen LogP) is 1.73. The van der Waals surface area contributed by atoms with Gasteiger partial charge < -0.3 is 10.4 Å². The molecule has 0 aliphatic heterocycles. The van der Waals surface area contributed by atoms with Crippen LogP contribution in [-0.4, -0.2) is 22.2 Å². The van der Waals surface area contributed by atoms with Crippen molar-refractivity contribution in [3.63, 3.8) is 0 Å². The summed E-state index contributed by atoms with van der Waals surface area (Å²) in [6.07, 6.45) is -0.607. The Bertz CT molecular complexity index is 336. The van der Waals surface area contributed by atoms with Gasteiger partial charge in [0.15, 0.2) is 5.13 Å². The normalized spacial score (nSPS) is 12.6. The Morgan fingerprint density at radius 3 is 2.67 bits per heavy atom. The molecule has 1 aromatic heterocycles. The number of aliphatic hydroxyl groups excluding tert-OH is 1. The van der Waals surface area contributed by atoms with Crippen LogP contribution in [0.2, 0.25) is 0 Å². The molecule has 0 fully saturated rings. The molecule has 1 atom stereocenters. The van der Waals surface area contributed by atoms with Gasteiger partial charge in [-0.2, -0.15) is 0 Å². The molecule has 0 spiro atoms. The monoisotopic (exact) mass is 229 g/mol. The van der Waals surface area contributed by atoms with Crippen molar-refractivity contribution >= 4 is 22.5 Å². The fourth-order valence-electron chi connectivity index (χ4n) is 0.931. The van der Waals surface area contributed by atoms with Gasteiger partial charge in [-0.1, -0.05) is 0 Å². The number of urea groups is 1. The Balaban J connectivity index is 2.53. The average molecular weight is 229 g/mol. The zero-order valence-corrected chi connectivity index (χ0v) is 9.76. The van der Waals surface area contributed by atoms with E-state index < -0.39 is 6.10 Å². The molecule has 0 saturated carbocycles. The van der Waals surface area contributed by atoms with Crippen LogP contribution < -0.4 is 10.6 Å². The molecule has 0 radical (unpaired) electrons. The smallest absolute Gasteiger partial charge is 0.321 e. The van der Waals surface area contributed by atoms with Crippen molar-refractivity contribution < 1.29 is 9.90 Å². The van der Waals surface area contributed by atoms with Crippen LogP contribution in [0.15, 0.2) is 5.38 Å². The number of nitrogens with zero attached hydrogens (tertiary/aromatic N) is 1. The maximum Gasteiger partial charge on any atom is 0.321 e. The molecular formula is C9H15N3O2S. The fourth-order valence-corrected chi connectivity index (χ4v) is 1.72. The molecule has 2 amide bonds. The van der Waals surface area contributed by atoms with Crippen LogP contribution in [0.4, 0.5) is 9.93 Å². The molecule has 84 valence electrons. The SMILES string of the molecule is CC(C)NC(=O)Nc1nc(C(C)O)cs1. The number of amides is 2. The second-order valence-corrected chi connectivity index (χ2v) is 4.36. The van der Waals surface area contributed by atoms with E-state index in [9.17, 15) is 9.90 Å². The zero-order valence-electron chi connectivity index (χ0n) is 8.94. The minimum absolute atomic E-state index is 0.0844. The van der Waals surface area contributed by atoms with Crippen molar-refractivity contribution in [1.82, 2.24) is 10.3 Å². The third kappa shape index (κ3) is 3.85. The number of anilines is 1. The Morgan fingerprint density at radius 1 is 1.53 bits per heavy atom. The number of aliphatic hydroxyl groups is 1. The Morgan fingerprint density at radius 2 is 2.20 bits per heavy atom. The largest absolute Gasteiger partial charge is 0.387 e. The van der Waals surface area contributed by atoms with E-state index in [1.807, 2.05) is 13.8 Å². The van der Waals surface area contributed by atoms with Crippen LogP contribution >= 0.6 is 11.3 Å². The quantitative estimate of drug-likeness (QED) is 0.739. The van der Waals surface area contributed by atoms with Gasteiger partial charge >= 0.3 is 6.03 Å². The van der Waals surface area contributed by atoms with Gasteiger partial charge in [-0.15, -0.1) is 11.3 Å². The van der Waals surface area contributed by atoms with Gasteiger partial charge in [0.1, 0.15) is 0 Å². The highest BCUT2D eigenvalue weighted by molar-refractivity contribution is 7.13. The molecule has 1 heterocycles. The summed E-state index contributed by atoms with van der Waals surface area (Å²) in [5.41, 5.74) is 0.569. The average Bonchev–Trinajstić information content (AvgIpc) is 2.50. The van der Waals surface area contributed by atoms with Crippen molar-refractivity contribution in [2.24, 2.45) is 0 Å². The highest BCUT2D eigenvalue weighted by atomic mass is 32.1. The van der Waals surface area contributed by atoms with Gasteiger partial charge in [0.25, 0.3) is 0 Å². The van der Waals surface area contributed by atoms with Crippen molar-refractivity contribution in [3.8, 4) is 0 Å². The minimum Gasteiger partial charge on any atom is -0.387 e. The molecule has 5 nitrogen and oxygen atoms in total. The van der Waals surface area contributed by atoms with E-state index in [4.69, 9.17) is 0 Å². The van der Waals surface area contributed by atoms with Crippen LogP contribution in [0.3, 0.4) is 0 Å². The highest BCUT2D eigenvalue weighted by Crippen LogP contribution is 2.19. The first-order chi connectivity index (χ1) is 6.99. The lowest BCUT2D eigenvalue weighted by Gasteiger charge is -2.07. The minimum atomic E-state index is -0.607. The van der Waals surface area contributed by atoms with E-state index in [0.29, 0.717) is 10.8 Å². The third-order valence-corrected chi connectivity index (χ3v) is 2.37. The molecule has 6 heteroatoms. The van der Waals surface area contributed by atoms with E-state index in [-0.39, 0.29) is 12.1 Å². The highest BCUT2D eigenvalue weighted by Gasteiger charge is 2.09. The summed E-state index contributed by atoms with van der Waals surface area (Å²) in [5.74, 6) is 0. The van der Waals surface area contributed by atoms with Gasteiger partial charge in [0.2, 0.25) is 0 Å². The lowest BCUT2D eigenvalue weighted by atomic mass is 10.3. The molecule has 0 aliphatic carbocycles. The Hall–Kier alpha value is -1.14. The van der Waals surface area contributed by atoms with Crippen molar-refractivity contribution in [2.45, 2.75) is 32.9 Å². The second kappa shape index (κ2) is 5.09. The van der Waals surface area contributed by atoms with Crippen molar-refractivity contribution in [2.75, 3.05) is 5.32 Å². The Labute approximate surface area is 92.5 Å². The number of thiazole rings is 1. The lowest BCUT2D eigenvalue weighted by Crippen LogP contribution is -2.34. The number of hydrogen-bond acceptors (Lipinski definition) is 4.